The SMILES string of the molecule is COCc1ccc(C(=O)N2CCCC2Cc2ccccc2)cc1. The number of carbonyl (C=O) groups excluding carboxylic acids is 1. The lowest BCUT2D eigenvalue weighted by atomic mass is 10.0. The van der Waals surface area contributed by atoms with E-state index in [4.69, 9.17) is 4.74 Å². The predicted molar refractivity (Wildman–Crippen MR) is 91.4 cm³/mol. The number of nitrogens with zero attached hydrogens (tertiary/aromatic N) is 1. The molecule has 3 nitrogen and oxygen atoms in total. The van der Waals surface area contributed by atoms with Crippen LogP contribution >= 0.6 is 0 Å². The van der Waals surface area contributed by atoms with E-state index in [1.165, 1.54) is 5.56 Å². The summed E-state index contributed by atoms with van der Waals surface area (Å²) in [6.07, 6.45) is 3.11. The van der Waals surface area contributed by atoms with Gasteiger partial charge in [-0.1, -0.05) is 42.5 Å². The van der Waals surface area contributed by atoms with Gasteiger partial charge in [-0.2, -0.15) is 0 Å². The van der Waals surface area contributed by atoms with E-state index in [-0.39, 0.29) is 5.91 Å². The molecule has 3 heteroatoms. The maximum Gasteiger partial charge on any atom is 0.254 e. The van der Waals surface area contributed by atoms with E-state index in [0.717, 1.165) is 36.9 Å². The first-order valence-electron chi connectivity index (χ1n) is 8.20. The summed E-state index contributed by atoms with van der Waals surface area (Å²) in [5.74, 6) is 0.146. The van der Waals surface area contributed by atoms with Gasteiger partial charge < -0.3 is 9.64 Å². The molecule has 0 aliphatic carbocycles. The second kappa shape index (κ2) is 7.42. The van der Waals surface area contributed by atoms with Gasteiger partial charge in [-0.05, 0) is 42.5 Å². The zero-order chi connectivity index (χ0) is 16.1. The summed E-state index contributed by atoms with van der Waals surface area (Å²) in [7, 11) is 1.68. The van der Waals surface area contributed by atoms with Crippen molar-refractivity contribution >= 4 is 5.91 Å². The Balaban J connectivity index is 1.70. The summed E-state index contributed by atoms with van der Waals surface area (Å²) < 4.78 is 5.12. The van der Waals surface area contributed by atoms with Crippen molar-refractivity contribution in [2.75, 3.05) is 13.7 Å². The molecule has 23 heavy (non-hydrogen) atoms. The van der Waals surface area contributed by atoms with Gasteiger partial charge in [-0.15, -0.1) is 0 Å². The van der Waals surface area contributed by atoms with Gasteiger partial charge in [-0.3, -0.25) is 4.79 Å². The zero-order valence-electron chi connectivity index (χ0n) is 13.6. The van der Waals surface area contributed by atoms with Crippen LogP contribution in [0.1, 0.15) is 34.3 Å². The van der Waals surface area contributed by atoms with E-state index in [1.807, 2.05) is 35.2 Å². The summed E-state index contributed by atoms with van der Waals surface area (Å²) in [4.78, 5) is 14.9. The van der Waals surface area contributed by atoms with Gasteiger partial charge in [0.15, 0.2) is 0 Å². The van der Waals surface area contributed by atoms with Crippen molar-refractivity contribution in [3.05, 3.63) is 71.3 Å². The molecule has 1 unspecified atom stereocenters. The Morgan fingerprint density at radius 3 is 2.52 bits per heavy atom. The van der Waals surface area contributed by atoms with Crippen molar-refractivity contribution in [3.63, 3.8) is 0 Å². The van der Waals surface area contributed by atoms with E-state index in [1.54, 1.807) is 7.11 Å². The van der Waals surface area contributed by atoms with Crippen molar-refractivity contribution < 1.29 is 9.53 Å². The minimum Gasteiger partial charge on any atom is -0.380 e. The average molecular weight is 309 g/mol. The second-order valence-corrected chi connectivity index (χ2v) is 6.11. The molecule has 2 aromatic carbocycles. The number of methoxy groups -OCH3 is 1. The van der Waals surface area contributed by atoms with Gasteiger partial charge in [-0.25, -0.2) is 0 Å². The average Bonchev–Trinajstić information content (AvgIpc) is 3.04. The fraction of sp³-hybridized carbons (Fsp3) is 0.350. The molecular formula is C20H23NO2. The molecule has 2 aromatic rings. The summed E-state index contributed by atoms with van der Waals surface area (Å²) in [5.41, 5.74) is 3.16. The molecule has 0 aromatic heterocycles. The number of likely N-dealkylation sites (tertiary alicyclic amines) is 1. The molecule has 1 amide bonds. The Kier molecular flexibility index (Phi) is 5.09. The van der Waals surface area contributed by atoms with Gasteiger partial charge >= 0.3 is 0 Å². The van der Waals surface area contributed by atoms with Crippen LogP contribution in [0.3, 0.4) is 0 Å². The largest absolute Gasteiger partial charge is 0.380 e. The topological polar surface area (TPSA) is 29.5 Å². The highest BCUT2D eigenvalue weighted by atomic mass is 16.5. The van der Waals surface area contributed by atoms with Crippen molar-refractivity contribution in [1.29, 1.82) is 0 Å². The van der Waals surface area contributed by atoms with Crippen molar-refractivity contribution in [3.8, 4) is 0 Å². The molecule has 0 spiro atoms. The smallest absolute Gasteiger partial charge is 0.254 e. The van der Waals surface area contributed by atoms with Crippen LogP contribution < -0.4 is 0 Å². The van der Waals surface area contributed by atoms with Crippen molar-refractivity contribution in [2.45, 2.75) is 31.9 Å². The molecule has 120 valence electrons. The first-order chi connectivity index (χ1) is 11.3. The second-order valence-electron chi connectivity index (χ2n) is 6.11. The summed E-state index contributed by atoms with van der Waals surface area (Å²) in [6.45, 7) is 1.44. The van der Waals surface area contributed by atoms with Crippen LogP contribution in [-0.2, 0) is 17.8 Å². The van der Waals surface area contributed by atoms with Gasteiger partial charge in [0.05, 0.1) is 6.61 Å². The molecule has 1 atom stereocenters. The lowest BCUT2D eigenvalue weighted by molar-refractivity contribution is 0.0736. The van der Waals surface area contributed by atoms with Crippen LogP contribution in [0.5, 0.6) is 0 Å². The van der Waals surface area contributed by atoms with Crippen LogP contribution in [0, 0.1) is 0 Å². The van der Waals surface area contributed by atoms with Crippen LogP contribution in [0.2, 0.25) is 0 Å². The molecule has 0 radical (unpaired) electrons. The summed E-state index contributed by atoms with van der Waals surface area (Å²) >= 11 is 0. The van der Waals surface area contributed by atoms with E-state index >= 15 is 0 Å². The van der Waals surface area contributed by atoms with Gasteiger partial charge in [0.1, 0.15) is 0 Å². The summed E-state index contributed by atoms with van der Waals surface area (Å²) in [6, 6.07) is 18.5. The first-order valence-corrected chi connectivity index (χ1v) is 8.20. The fourth-order valence-corrected chi connectivity index (χ4v) is 3.28. The number of carbonyl (C=O) groups is 1. The highest BCUT2D eigenvalue weighted by Crippen LogP contribution is 2.23. The molecule has 1 fully saturated rings. The maximum absolute atomic E-state index is 12.8. The van der Waals surface area contributed by atoms with Crippen molar-refractivity contribution in [1.82, 2.24) is 4.90 Å². The molecule has 1 saturated heterocycles. The number of benzene rings is 2. The Bertz CT molecular complexity index is 636. The molecular weight excluding hydrogens is 286 g/mol. The van der Waals surface area contributed by atoms with Gasteiger partial charge in [0.25, 0.3) is 5.91 Å². The normalized spacial score (nSPS) is 17.4. The Hall–Kier alpha value is -2.13. The molecule has 0 bridgehead atoms. The fourth-order valence-electron chi connectivity index (χ4n) is 3.28. The van der Waals surface area contributed by atoms with E-state index in [0.29, 0.717) is 12.6 Å². The lowest BCUT2D eigenvalue weighted by Crippen LogP contribution is -2.36. The maximum atomic E-state index is 12.8. The Labute approximate surface area is 137 Å². The van der Waals surface area contributed by atoms with Gasteiger partial charge in [0.2, 0.25) is 0 Å². The van der Waals surface area contributed by atoms with E-state index in [2.05, 4.69) is 24.3 Å². The number of amides is 1. The van der Waals surface area contributed by atoms with Gasteiger partial charge in [0, 0.05) is 25.3 Å². The number of hydrogen-bond donors (Lipinski definition) is 0. The van der Waals surface area contributed by atoms with Crippen LogP contribution in [-0.4, -0.2) is 30.5 Å². The molecule has 0 saturated carbocycles. The quantitative estimate of drug-likeness (QED) is 0.843. The van der Waals surface area contributed by atoms with Crippen molar-refractivity contribution in [2.24, 2.45) is 0 Å². The zero-order valence-corrected chi connectivity index (χ0v) is 13.6. The lowest BCUT2D eigenvalue weighted by Gasteiger charge is -2.25. The molecule has 3 rings (SSSR count). The summed E-state index contributed by atoms with van der Waals surface area (Å²) in [5, 5.41) is 0. The minimum atomic E-state index is 0.146. The van der Waals surface area contributed by atoms with Crippen LogP contribution in [0.25, 0.3) is 0 Å². The third kappa shape index (κ3) is 3.80. The molecule has 0 N–H and O–H groups in total. The Morgan fingerprint density at radius 2 is 1.83 bits per heavy atom. The highest BCUT2D eigenvalue weighted by molar-refractivity contribution is 5.94. The third-order valence-electron chi connectivity index (χ3n) is 4.46. The minimum absolute atomic E-state index is 0.146. The van der Waals surface area contributed by atoms with E-state index in [9.17, 15) is 4.79 Å². The number of hydrogen-bond acceptors (Lipinski definition) is 2. The standard InChI is InChI=1S/C20H23NO2/c1-23-15-17-9-11-18(12-10-17)20(22)21-13-5-8-19(21)14-16-6-3-2-4-7-16/h2-4,6-7,9-12,19H,5,8,13-15H2,1H3. The number of ether oxygens (including phenoxy) is 1. The highest BCUT2D eigenvalue weighted by Gasteiger charge is 2.29. The predicted octanol–water partition coefficient (Wildman–Crippen LogP) is 3.68. The van der Waals surface area contributed by atoms with Crippen LogP contribution in [0.4, 0.5) is 0 Å². The Morgan fingerprint density at radius 1 is 1.09 bits per heavy atom. The monoisotopic (exact) mass is 309 g/mol. The number of rotatable bonds is 5. The molecule has 1 aliphatic heterocycles. The van der Waals surface area contributed by atoms with Crippen LogP contribution in [0.15, 0.2) is 54.6 Å². The molecule has 1 aliphatic rings. The molecule has 1 heterocycles. The first kappa shape index (κ1) is 15.8. The third-order valence-corrected chi connectivity index (χ3v) is 4.46. The van der Waals surface area contributed by atoms with E-state index < -0.39 is 0 Å².